The molecule has 0 bridgehead atoms. The zero-order chi connectivity index (χ0) is 16.8. The van der Waals surface area contributed by atoms with E-state index in [-0.39, 0.29) is 11.4 Å². The molecular formula is C19H22F2N2O. The average Bonchev–Trinajstić information content (AvgIpc) is 2.60. The normalized spacial score (nSPS) is 14.7. The van der Waals surface area contributed by atoms with Crippen molar-refractivity contribution in [1.29, 1.82) is 0 Å². The van der Waals surface area contributed by atoms with Crippen LogP contribution in [0.4, 0.5) is 14.5 Å². The SMILES string of the molecule is Fc1cc(OCCCc2ccccc2)cc(F)c1N1CCNCC1. The molecule has 0 spiro atoms. The van der Waals surface area contributed by atoms with Crippen LogP contribution in [0.5, 0.6) is 5.75 Å². The summed E-state index contributed by atoms with van der Waals surface area (Å²) in [4.78, 5) is 1.74. The van der Waals surface area contributed by atoms with Crippen LogP contribution in [-0.4, -0.2) is 32.8 Å². The number of aryl methyl sites for hydroxylation is 1. The first kappa shape index (κ1) is 16.7. The maximum Gasteiger partial charge on any atom is 0.153 e. The van der Waals surface area contributed by atoms with Gasteiger partial charge in [-0.15, -0.1) is 0 Å². The molecule has 1 aliphatic heterocycles. The molecule has 3 rings (SSSR count). The smallest absolute Gasteiger partial charge is 0.153 e. The van der Waals surface area contributed by atoms with E-state index in [9.17, 15) is 8.78 Å². The van der Waals surface area contributed by atoms with E-state index in [1.54, 1.807) is 4.90 Å². The van der Waals surface area contributed by atoms with Gasteiger partial charge >= 0.3 is 0 Å². The van der Waals surface area contributed by atoms with E-state index < -0.39 is 11.6 Å². The minimum Gasteiger partial charge on any atom is -0.493 e. The Hall–Kier alpha value is -2.14. The van der Waals surface area contributed by atoms with Crippen LogP contribution in [-0.2, 0) is 6.42 Å². The van der Waals surface area contributed by atoms with Crippen LogP contribution in [0, 0.1) is 11.6 Å². The highest BCUT2D eigenvalue weighted by Crippen LogP contribution is 2.28. The molecule has 1 heterocycles. The Balaban J connectivity index is 1.56. The van der Waals surface area contributed by atoms with Gasteiger partial charge < -0.3 is 15.0 Å². The Labute approximate surface area is 141 Å². The Morgan fingerprint density at radius 3 is 2.33 bits per heavy atom. The van der Waals surface area contributed by atoms with Crippen LogP contribution < -0.4 is 15.0 Å². The van der Waals surface area contributed by atoms with Crippen molar-refractivity contribution in [1.82, 2.24) is 5.32 Å². The Bertz CT molecular complexity index is 635. The summed E-state index contributed by atoms with van der Waals surface area (Å²) in [5.74, 6) is -0.873. The maximum absolute atomic E-state index is 14.3. The number of anilines is 1. The van der Waals surface area contributed by atoms with E-state index in [2.05, 4.69) is 17.4 Å². The first-order valence-electron chi connectivity index (χ1n) is 8.35. The summed E-state index contributed by atoms with van der Waals surface area (Å²) in [5.41, 5.74) is 1.28. The van der Waals surface area contributed by atoms with Crippen LogP contribution in [0.15, 0.2) is 42.5 Å². The van der Waals surface area contributed by atoms with Crippen LogP contribution >= 0.6 is 0 Å². The standard InChI is InChI=1S/C19H22F2N2O/c20-17-13-16(24-12-4-7-15-5-2-1-3-6-15)14-18(21)19(17)23-10-8-22-9-11-23/h1-3,5-6,13-14,22H,4,7-12H2. The minimum absolute atomic E-state index is 0.0492. The number of nitrogens with zero attached hydrogens (tertiary/aromatic N) is 1. The lowest BCUT2D eigenvalue weighted by Crippen LogP contribution is -2.44. The Morgan fingerprint density at radius 1 is 1.00 bits per heavy atom. The van der Waals surface area contributed by atoms with Crippen molar-refractivity contribution in [3.8, 4) is 5.75 Å². The molecule has 2 aromatic carbocycles. The first-order chi connectivity index (χ1) is 11.7. The van der Waals surface area contributed by atoms with E-state index in [0.29, 0.717) is 19.7 Å². The molecule has 0 atom stereocenters. The zero-order valence-corrected chi connectivity index (χ0v) is 13.6. The van der Waals surface area contributed by atoms with E-state index >= 15 is 0 Å². The summed E-state index contributed by atoms with van der Waals surface area (Å²) >= 11 is 0. The third-order valence-corrected chi connectivity index (χ3v) is 4.14. The van der Waals surface area contributed by atoms with E-state index in [1.807, 2.05) is 18.2 Å². The molecule has 0 unspecified atom stereocenters. The van der Waals surface area contributed by atoms with Crippen molar-refractivity contribution in [2.75, 3.05) is 37.7 Å². The van der Waals surface area contributed by atoms with Crippen LogP contribution in [0.2, 0.25) is 0 Å². The minimum atomic E-state index is -0.560. The van der Waals surface area contributed by atoms with E-state index in [1.165, 1.54) is 17.7 Å². The van der Waals surface area contributed by atoms with Gasteiger partial charge in [-0.1, -0.05) is 30.3 Å². The van der Waals surface area contributed by atoms with E-state index in [4.69, 9.17) is 4.74 Å². The highest BCUT2D eigenvalue weighted by molar-refractivity contribution is 5.52. The van der Waals surface area contributed by atoms with Crippen LogP contribution in [0.1, 0.15) is 12.0 Å². The molecule has 128 valence electrons. The maximum atomic E-state index is 14.3. The number of nitrogens with one attached hydrogen (secondary N) is 1. The predicted octanol–water partition coefficient (Wildman–Crippen LogP) is 3.39. The number of rotatable bonds is 6. The third kappa shape index (κ3) is 4.23. The van der Waals surface area contributed by atoms with Gasteiger partial charge in [0.05, 0.1) is 6.61 Å². The van der Waals surface area contributed by atoms with Crippen molar-refractivity contribution in [3.05, 3.63) is 59.7 Å². The van der Waals surface area contributed by atoms with Crippen molar-refractivity contribution in [2.24, 2.45) is 0 Å². The van der Waals surface area contributed by atoms with Gasteiger partial charge in [0, 0.05) is 38.3 Å². The summed E-state index contributed by atoms with van der Waals surface area (Å²) in [6, 6.07) is 12.6. The second-order valence-corrected chi connectivity index (χ2v) is 5.91. The molecule has 0 aromatic heterocycles. The molecule has 0 amide bonds. The van der Waals surface area contributed by atoms with Crippen LogP contribution in [0.3, 0.4) is 0 Å². The monoisotopic (exact) mass is 332 g/mol. The molecule has 0 aliphatic carbocycles. The van der Waals surface area contributed by atoms with Gasteiger partial charge in [0.1, 0.15) is 11.4 Å². The Kier molecular flexibility index (Phi) is 5.64. The number of ether oxygens (including phenoxy) is 1. The van der Waals surface area contributed by atoms with E-state index in [0.717, 1.165) is 25.9 Å². The second kappa shape index (κ2) is 8.11. The summed E-state index contributed by atoms with van der Waals surface area (Å²) in [5, 5.41) is 3.17. The summed E-state index contributed by atoms with van der Waals surface area (Å²) in [6.45, 7) is 3.10. The van der Waals surface area contributed by atoms with Gasteiger partial charge in [-0.25, -0.2) is 8.78 Å². The lowest BCUT2D eigenvalue weighted by Gasteiger charge is -2.30. The molecule has 1 saturated heterocycles. The predicted molar refractivity (Wildman–Crippen MR) is 91.7 cm³/mol. The van der Waals surface area contributed by atoms with Gasteiger partial charge in [0.15, 0.2) is 11.6 Å². The molecule has 2 aromatic rings. The average molecular weight is 332 g/mol. The van der Waals surface area contributed by atoms with Crippen LogP contribution in [0.25, 0.3) is 0 Å². The summed E-state index contributed by atoms with van der Waals surface area (Å²) < 4.78 is 34.1. The quantitative estimate of drug-likeness (QED) is 0.821. The molecule has 24 heavy (non-hydrogen) atoms. The fraction of sp³-hybridized carbons (Fsp3) is 0.368. The Morgan fingerprint density at radius 2 is 1.67 bits per heavy atom. The molecular weight excluding hydrogens is 310 g/mol. The number of piperazine rings is 1. The number of benzene rings is 2. The topological polar surface area (TPSA) is 24.5 Å². The summed E-state index contributed by atoms with van der Waals surface area (Å²) in [7, 11) is 0. The van der Waals surface area contributed by atoms with Crippen molar-refractivity contribution in [3.63, 3.8) is 0 Å². The highest BCUT2D eigenvalue weighted by Gasteiger charge is 2.20. The largest absolute Gasteiger partial charge is 0.493 e. The van der Waals surface area contributed by atoms with Gasteiger partial charge in [-0.2, -0.15) is 0 Å². The molecule has 1 N–H and O–H groups in total. The van der Waals surface area contributed by atoms with Crippen molar-refractivity contribution < 1.29 is 13.5 Å². The number of halogens is 2. The van der Waals surface area contributed by atoms with Gasteiger partial charge in [0.25, 0.3) is 0 Å². The fourth-order valence-corrected chi connectivity index (χ4v) is 2.93. The molecule has 3 nitrogen and oxygen atoms in total. The molecule has 1 fully saturated rings. The highest BCUT2D eigenvalue weighted by atomic mass is 19.1. The zero-order valence-electron chi connectivity index (χ0n) is 13.6. The number of hydrogen-bond acceptors (Lipinski definition) is 3. The third-order valence-electron chi connectivity index (χ3n) is 4.14. The van der Waals surface area contributed by atoms with Gasteiger partial charge in [-0.3, -0.25) is 0 Å². The second-order valence-electron chi connectivity index (χ2n) is 5.91. The van der Waals surface area contributed by atoms with Gasteiger partial charge in [0.2, 0.25) is 0 Å². The fourth-order valence-electron chi connectivity index (χ4n) is 2.93. The lowest BCUT2D eigenvalue weighted by molar-refractivity contribution is 0.307. The molecule has 5 heteroatoms. The lowest BCUT2D eigenvalue weighted by atomic mass is 10.1. The van der Waals surface area contributed by atoms with Crippen molar-refractivity contribution >= 4 is 5.69 Å². The molecule has 0 saturated carbocycles. The first-order valence-corrected chi connectivity index (χ1v) is 8.35. The van der Waals surface area contributed by atoms with Crippen molar-refractivity contribution in [2.45, 2.75) is 12.8 Å². The number of hydrogen-bond donors (Lipinski definition) is 1. The molecule has 0 radical (unpaired) electrons. The summed E-state index contributed by atoms with van der Waals surface area (Å²) in [6.07, 6.45) is 1.68. The van der Waals surface area contributed by atoms with Gasteiger partial charge in [-0.05, 0) is 18.4 Å². The molecule has 1 aliphatic rings.